The van der Waals surface area contributed by atoms with Crippen molar-refractivity contribution in [3.8, 4) is 0 Å². The summed E-state index contributed by atoms with van der Waals surface area (Å²) < 4.78 is 1.81. The molecule has 3 atom stereocenters. The number of benzene rings is 1. The largest absolute Gasteiger partial charge is 0.352 e. The van der Waals surface area contributed by atoms with E-state index in [9.17, 15) is 4.79 Å². The van der Waals surface area contributed by atoms with E-state index in [4.69, 9.17) is 4.98 Å². The fourth-order valence-electron chi connectivity index (χ4n) is 4.67. The highest BCUT2D eigenvalue weighted by Gasteiger charge is 2.28. The zero-order valence-corrected chi connectivity index (χ0v) is 20.5. The van der Waals surface area contributed by atoms with Crippen LogP contribution in [0.1, 0.15) is 61.2 Å². The first-order chi connectivity index (χ1) is 15.3. The van der Waals surface area contributed by atoms with E-state index in [-0.39, 0.29) is 11.9 Å². The highest BCUT2D eigenvalue weighted by atomic mass is 32.2. The summed E-state index contributed by atoms with van der Waals surface area (Å²) in [7, 11) is 0. The molecular formula is C25H33N5OS. The van der Waals surface area contributed by atoms with Gasteiger partial charge in [0, 0.05) is 23.9 Å². The van der Waals surface area contributed by atoms with Crippen LogP contribution in [0, 0.1) is 32.6 Å². The topological polar surface area (TPSA) is 72.2 Å². The maximum Gasteiger partial charge on any atom is 0.253 e. The van der Waals surface area contributed by atoms with Crippen LogP contribution in [0.25, 0.3) is 5.78 Å². The lowest BCUT2D eigenvalue weighted by Gasteiger charge is -2.34. The van der Waals surface area contributed by atoms with Crippen molar-refractivity contribution in [1.82, 2.24) is 24.9 Å². The molecule has 0 unspecified atom stereocenters. The second-order valence-electron chi connectivity index (χ2n) is 9.20. The van der Waals surface area contributed by atoms with Crippen LogP contribution in [-0.4, -0.2) is 37.3 Å². The molecule has 3 aromatic rings. The van der Waals surface area contributed by atoms with E-state index in [1.165, 1.54) is 41.3 Å². The maximum atomic E-state index is 12.6. The normalized spacial score (nSPS) is 21.1. The Morgan fingerprint density at radius 3 is 2.72 bits per heavy atom. The molecule has 7 heteroatoms. The predicted octanol–water partition coefficient (Wildman–Crippen LogP) is 4.67. The first kappa shape index (κ1) is 22.8. The Morgan fingerprint density at radius 2 is 1.94 bits per heavy atom. The Kier molecular flexibility index (Phi) is 6.84. The van der Waals surface area contributed by atoms with Gasteiger partial charge >= 0.3 is 0 Å². The summed E-state index contributed by atoms with van der Waals surface area (Å²) in [5.74, 6) is 2.15. The van der Waals surface area contributed by atoms with Gasteiger partial charge in [-0.1, -0.05) is 62.7 Å². The lowest BCUT2D eigenvalue weighted by Crippen LogP contribution is -2.44. The molecule has 0 spiro atoms. The van der Waals surface area contributed by atoms with Crippen LogP contribution >= 0.6 is 11.8 Å². The molecule has 1 amide bonds. The molecule has 6 nitrogen and oxygen atoms in total. The van der Waals surface area contributed by atoms with Crippen LogP contribution < -0.4 is 5.32 Å². The van der Waals surface area contributed by atoms with Crippen molar-refractivity contribution in [1.29, 1.82) is 0 Å². The number of thioether (sulfide) groups is 1. The minimum atomic E-state index is 0.0564. The molecule has 1 aromatic carbocycles. The molecule has 1 N–H and O–H groups in total. The third kappa shape index (κ3) is 4.82. The third-order valence-corrected chi connectivity index (χ3v) is 7.88. The standard InChI is InChI=1S/C25H33N5OS/c1-15-10-8-12-22(17(15)3)27-23(31)14-32-25-28-24-26-18(4)21(19(5)30(24)29-25)13-20-11-7-6-9-16(20)2/h6-7,9,11,15,17,22H,8,10,12-14H2,1-5H3,(H,27,31)/t15-,17-,22-/m1/s1. The molecule has 1 aliphatic rings. The minimum Gasteiger partial charge on any atom is -0.352 e. The highest BCUT2D eigenvalue weighted by Crippen LogP contribution is 2.29. The number of aromatic nitrogens is 4. The Balaban J connectivity index is 1.46. The molecule has 1 aliphatic carbocycles. The number of nitrogens with one attached hydrogen (secondary N) is 1. The summed E-state index contributed by atoms with van der Waals surface area (Å²) in [6.45, 7) is 10.8. The van der Waals surface area contributed by atoms with Gasteiger partial charge in [0.05, 0.1) is 5.75 Å². The summed E-state index contributed by atoms with van der Waals surface area (Å²) in [5.41, 5.74) is 5.75. The van der Waals surface area contributed by atoms with Gasteiger partial charge in [-0.15, -0.1) is 5.10 Å². The molecule has 32 heavy (non-hydrogen) atoms. The van der Waals surface area contributed by atoms with Crippen LogP contribution in [0.5, 0.6) is 0 Å². The van der Waals surface area contributed by atoms with E-state index in [1.54, 1.807) is 0 Å². The summed E-state index contributed by atoms with van der Waals surface area (Å²) in [5, 5.41) is 8.47. The number of hydrogen-bond donors (Lipinski definition) is 1. The van der Waals surface area contributed by atoms with Gasteiger partial charge in [-0.3, -0.25) is 4.79 Å². The van der Waals surface area contributed by atoms with E-state index in [2.05, 4.69) is 67.4 Å². The van der Waals surface area contributed by atoms with Crippen molar-refractivity contribution in [2.45, 2.75) is 71.5 Å². The number of carbonyl (C=O) groups is 1. The quantitative estimate of drug-likeness (QED) is 0.551. The maximum absolute atomic E-state index is 12.6. The Labute approximate surface area is 194 Å². The van der Waals surface area contributed by atoms with Gasteiger partial charge < -0.3 is 5.32 Å². The molecule has 0 bridgehead atoms. The van der Waals surface area contributed by atoms with E-state index < -0.39 is 0 Å². The predicted molar refractivity (Wildman–Crippen MR) is 129 cm³/mol. The number of hydrogen-bond acceptors (Lipinski definition) is 5. The summed E-state index contributed by atoms with van der Waals surface area (Å²) >= 11 is 1.38. The molecule has 170 valence electrons. The van der Waals surface area contributed by atoms with Gasteiger partial charge in [0.15, 0.2) is 0 Å². The van der Waals surface area contributed by atoms with Gasteiger partial charge in [-0.25, -0.2) is 9.50 Å². The van der Waals surface area contributed by atoms with Crippen molar-refractivity contribution in [3.05, 3.63) is 52.3 Å². The fraction of sp³-hybridized carbons (Fsp3) is 0.520. The van der Waals surface area contributed by atoms with Crippen LogP contribution in [0.2, 0.25) is 0 Å². The molecule has 1 saturated carbocycles. The molecule has 2 heterocycles. The van der Waals surface area contributed by atoms with E-state index in [1.807, 2.05) is 11.4 Å². The number of rotatable bonds is 6. The smallest absolute Gasteiger partial charge is 0.253 e. The van der Waals surface area contributed by atoms with E-state index >= 15 is 0 Å². The molecule has 0 radical (unpaired) electrons. The van der Waals surface area contributed by atoms with Crippen molar-refractivity contribution < 1.29 is 4.79 Å². The lowest BCUT2D eigenvalue weighted by molar-refractivity contribution is -0.120. The summed E-state index contributed by atoms with van der Waals surface area (Å²) in [4.78, 5) is 21.8. The third-order valence-electron chi connectivity index (χ3n) is 7.04. The fourth-order valence-corrected chi connectivity index (χ4v) is 5.30. The van der Waals surface area contributed by atoms with Gasteiger partial charge in [0.1, 0.15) is 0 Å². The van der Waals surface area contributed by atoms with Crippen LogP contribution in [0.15, 0.2) is 29.4 Å². The van der Waals surface area contributed by atoms with Gasteiger partial charge in [-0.2, -0.15) is 4.98 Å². The number of fused-ring (bicyclic) bond motifs is 1. The van der Waals surface area contributed by atoms with Crippen LogP contribution in [0.4, 0.5) is 0 Å². The molecule has 1 fully saturated rings. The van der Waals surface area contributed by atoms with E-state index in [0.717, 1.165) is 24.2 Å². The summed E-state index contributed by atoms with van der Waals surface area (Å²) in [6.07, 6.45) is 4.33. The van der Waals surface area contributed by atoms with E-state index in [0.29, 0.717) is 28.5 Å². The number of amides is 1. The molecule has 0 saturated heterocycles. The second kappa shape index (κ2) is 9.61. The Morgan fingerprint density at radius 1 is 1.16 bits per heavy atom. The molecule has 2 aromatic heterocycles. The first-order valence-corrected chi connectivity index (χ1v) is 12.5. The Bertz CT molecular complexity index is 1120. The number of aryl methyl sites for hydroxylation is 3. The second-order valence-corrected chi connectivity index (χ2v) is 10.1. The highest BCUT2D eigenvalue weighted by molar-refractivity contribution is 7.99. The number of carbonyl (C=O) groups excluding carboxylic acids is 1. The monoisotopic (exact) mass is 451 g/mol. The van der Waals surface area contributed by atoms with Gasteiger partial charge in [0.25, 0.3) is 5.78 Å². The van der Waals surface area contributed by atoms with Crippen molar-refractivity contribution >= 4 is 23.4 Å². The average Bonchev–Trinajstić information content (AvgIpc) is 3.17. The lowest BCUT2D eigenvalue weighted by atomic mass is 9.78. The van der Waals surface area contributed by atoms with Crippen LogP contribution in [-0.2, 0) is 11.2 Å². The SMILES string of the molecule is Cc1ccccc1Cc1c(C)nc2nc(SCC(=O)N[C@@H]3CCC[C@@H](C)[C@H]3C)nn2c1C. The van der Waals surface area contributed by atoms with Crippen LogP contribution in [0.3, 0.4) is 0 Å². The van der Waals surface area contributed by atoms with Gasteiger partial charge in [0.2, 0.25) is 11.1 Å². The zero-order valence-electron chi connectivity index (χ0n) is 19.7. The summed E-state index contributed by atoms with van der Waals surface area (Å²) in [6, 6.07) is 8.70. The first-order valence-electron chi connectivity index (χ1n) is 11.5. The molecule has 0 aliphatic heterocycles. The molecular weight excluding hydrogens is 418 g/mol. The Hall–Kier alpha value is -2.41. The van der Waals surface area contributed by atoms with Crippen molar-refractivity contribution in [2.24, 2.45) is 11.8 Å². The van der Waals surface area contributed by atoms with Crippen molar-refractivity contribution in [3.63, 3.8) is 0 Å². The van der Waals surface area contributed by atoms with Crippen molar-refractivity contribution in [2.75, 3.05) is 5.75 Å². The zero-order chi connectivity index (χ0) is 22.8. The number of nitrogens with zero attached hydrogens (tertiary/aromatic N) is 4. The average molecular weight is 452 g/mol. The van der Waals surface area contributed by atoms with Gasteiger partial charge in [-0.05, 0) is 55.7 Å². The molecule has 4 rings (SSSR count). The minimum absolute atomic E-state index is 0.0564.